The van der Waals surface area contributed by atoms with Crippen LogP contribution in [-0.4, -0.2) is 36.8 Å². The number of nitriles is 2. The molecule has 0 atom stereocenters. The van der Waals surface area contributed by atoms with E-state index >= 15 is 0 Å². The molecule has 5 aromatic rings. The number of nitrogens with one attached hydrogen (secondary N) is 2. The average Bonchev–Trinajstić information content (AvgIpc) is 3.35. The standard InChI is InChI=1S/C25H18N12/c1-15-19(12-27)22(33-18-10-16-6-3-4-7-20(16)31-14-18)34-23(28-2)21(15)35-36-24-17(11-26)13-32-37(24)25-29-8-5-9-30-25/h3-10,13-14H,1-2H3,(H2,28,33,34). The van der Waals surface area contributed by atoms with Gasteiger partial charge >= 0.3 is 0 Å². The smallest absolute Gasteiger partial charge is 0.252 e. The first-order valence-corrected chi connectivity index (χ1v) is 11.0. The van der Waals surface area contributed by atoms with Crippen molar-refractivity contribution in [2.75, 3.05) is 17.7 Å². The Labute approximate surface area is 211 Å². The quantitative estimate of drug-likeness (QED) is 0.319. The second-order valence-electron chi connectivity index (χ2n) is 7.72. The van der Waals surface area contributed by atoms with E-state index in [1.165, 1.54) is 10.9 Å². The number of aromatic nitrogens is 6. The Bertz CT molecular complexity index is 1730. The van der Waals surface area contributed by atoms with Gasteiger partial charge in [-0.25, -0.2) is 15.0 Å². The Morgan fingerprint density at radius 1 is 0.946 bits per heavy atom. The van der Waals surface area contributed by atoms with Crippen molar-refractivity contribution in [3.63, 3.8) is 0 Å². The molecular formula is C25H18N12. The van der Waals surface area contributed by atoms with Gasteiger partial charge in [-0.2, -0.15) is 20.3 Å². The topological polar surface area (TPSA) is 166 Å². The number of anilines is 3. The van der Waals surface area contributed by atoms with Crippen molar-refractivity contribution in [2.24, 2.45) is 10.2 Å². The van der Waals surface area contributed by atoms with Crippen molar-refractivity contribution < 1.29 is 0 Å². The van der Waals surface area contributed by atoms with Crippen molar-refractivity contribution in [2.45, 2.75) is 6.92 Å². The van der Waals surface area contributed by atoms with Crippen molar-refractivity contribution in [3.8, 4) is 18.1 Å². The molecule has 0 bridgehead atoms. The number of benzene rings is 1. The van der Waals surface area contributed by atoms with Crippen LogP contribution in [0.5, 0.6) is 0 Å². The molecule has 0 amide bonds. The van der Waals surface area contributed by atoms with E-state index in [0.717, 1.165) is 10.9 Å². The Hall–Kier alpha value is -5.75. The van der Waals surface area contributed by atoms with Crippen LogP contribution in [0, 0.1) is 29.6 Å². The largest absolute Gasteiger partial charge is 0.371 e. The lowest BCUT2D eigenvalue weighted by molar-refractivity contribution is 0.803. The molecular weight excluding hydrogens is 468 g/mol. The maximum Gasteiger partial charge on any atom is 0.252 e. The van der Waals surface area contributed by atoms with Crippen LogP contribution in [0.4, 0.5) is 28.8 Å². The fraction of sp³-hybridized carbons (Fsp3) is 0.0800. The number of rotatable bonds is 6. The van der Waals surface area contributed by atoms with Gasteiger partial charge in [-0.1, -0.05) is 18.2 Å². The van der Waals surface area contributed by atoms with Crippen LogP contribution in [0.25, 0.3) is 16.9 Å². The summed E-state index contributed by atoms with van der Waals surface area (Å²) in [5, 5.41) is 39.4. The average molecular weight is 487 g/mol. The van der Waals surface area contributed by atoms with Gasteiger partial charge in [0.2, 0.25) is 0 Å². The molecule has 12 nitrogen and oxygen atoms in total. The molecule has 0 saturated heterocycles. The molecule has 4 heterocycles. The summed E-state index contributed by atoms with van der Waals surface area (Å²) in [7, 11) is 1.69. The fourth-order valence-electron chi connectivity index (χ4n) is 3.66. The van der Waals surface area contributed by atoms with Gasteiger partial charge in [-0.15, -0.1) is 10.2 Å². The van der Waals surface area contributed by atoms with Crippen molar-refractivity contribution in [1.29, 1.82) is 10.5 Å². The second kappa shape index (κ2) is 9.85. The molecule has 2 N–H and O–H groups in total. The number of hydrogen-bond acceptors (Lipinski definition) is 11. The van der Waals surface area contributed by atoms with E-state index < -0.39 is 0 Å². The molecule has 0 spiro atoms. The first kappa shape index (κ1) is 23.0. The first-order chi connectivity index (χ1) is 18.1. The summed E-state index contributed by atoms with van der Waals surface area (Å²) in [6, 6.07) is 15.6. The zero-order chi connectivity index (χ0) is 25.8. The van der Waals surface area contributed by atoms with Gasteiger partial charge in [0.1, 0.15) is 23.4 Å². The molecule has 0 unspecified atom stereocenters. The summed E-state index contributed by atoms with van der Waals surface area (Å²) in [6.07, 6.45) is 6.16. The molecule has 4 aromatic heterocycles. The van der Waals surface area contributed by atoms with E-state index in [0.29, 0.717) is 34.1 Å². The maximum absolute atomic E-state index is 9.95. The number of hydrogen-bond donors (Lipinski definition) is 2. The van der Waals surface area contributed by atoms with Crippen molar-refractivity contribution >= 4 is 39.7 Å². The van der Waals surface area contributed by atoms with E-state index in [-0.39, 0.29) is 17.3 Å². The van der Waals surface area contributed by atoms with Gasteiger partial charge in [0, 0.05) is 30.4 Å². The van der Waals surface area contributed by atoms with Gasteiger partial charge in [0.05, 0.1) is 29.2 Å². The lowest BCUT2D eigenvalue weighted by Crippen LogP contribution is -2.04. The van der Waals surface area contributed by atoms with Gasteiger partial charge in [0.15, 0.2) is 17.5 Å². The van der Waals surface area contributed by atoms with Crippen LogP contribution in [-0.2, 0) is 0 Å². The third-order valence-corrected chi connectivity index (χ3v) is 5.47. The molecule has 0 aliphatic rings. The first-order valence-electron chi connectivity index (χ1n) is 11.0. The van der Waals surface area contributed by atoms with Crippen LogP contribution in [0.2, 0.25) is 0 Å². The summed E-state index contributed by atoms with van der Waals surface area (Å²) in [4.78, 5) is 17.4. The van der Waals surface area contributed by atoms with Crippen LogP contribution in [0.15, 0.2) is 71.4 Å². The predicted molar refractivity (Wildman–Crippen MR) is 136 cm³/mol. The number of fused-ring (bicyclic) bond motifs is 1. The highest BCUT2D eigenvalue weighted by Crippen LogP contribution is 2.36. The van der Waals surface area contributed by atoms with Crippen LogP contribution < -0.4 is 10.6 Å². The number of azo groups is 1. The Morgan fingerprint density at radius 3 is 2.51 bits per heavy atom. The number of para-hydroxylation sites is 1. The minimum absolute atomic E-state index is 0.151. The lowest BCUT2D eigenvalue weighted by atomic mass is 10.1. The molecule has 5 rings (SSSR count). The van der Waals surface area contributed by atoms with E-state index in [2.05, 4.69) is 52.0 Å². The van der Waals surface area contributed by atoms with Crippen molar-refractivity contribution in [3.05, 3.63) is 77.9 Å². The Morgan fingerprint density at radius 2 is 1.76 bits per heavy atom. The van der Waals surface area contributed by atoms with Gasteiger partial charge in [-0.05, 0) is 25.1 Å². The second-order valence-corrected chi connectivity index (χ2v) is 7.72. The van der Waals surface area contributed by atoms with Gasteiger partial charge in [0.25, 0.3) is 5.95 Å². The summed E-state index contributed by atoms with van der Waals surface area (Å²) < 4.78 is 1.32. The van der Waals surface area contributed by atoms with Gasteiger partial charge in [-0.3, -0.25) is 4.98 Å². The molecule has 0 aliphatic carbocycles. The normalized spacial score (nSPS) is 10.8. The van der Waals surface area contributed by atoms with E-state index in [1.807, 2.05) is 36.4 Å². The molecule has 1 aromatic carbocycles. The lowest BCUT2D eigenvalue weighted by Gasteiger charge is -2.14. The SMILES string of the molecule is CNc1nc(Nc2cnc3ccccc3c2)c(C#N)c(C)c1N=Nc1c(C#N)cnn1-c1ncccn1. The minimum Gasteiger partial charge on any atom is -0.371 e. The molecule has 0 fully saturated rings. The van der Waals surface area contributed by atoms with Crippen LogP contribution in [0.1, 0.15) is 16.7 Å². The van der Waals surface area contributed by atoms with Crippen molar-refractivity contribution in [1.82, 2.24) is 29.7 Å². The Balaban J connectivity index is 1.56. The number of pyridine rings is 2. The summed E-state index contributed by atoms with van der Waals surface area (Å²) in [6.45, 7) is 1.75. The molecule has 178 valence electrons. The van der Waals surface area contributed by atoms with Gasteiger partial charge < -0.3 is 10.6 Å². The highest BCUT2D eigenvalue weighted by Gasteiger charge is 2.19. The monoisotopic (exact) mass is 486 g/mol. The maximum atomic E-state index is 9.95. The summed E-state index contributed by atoms with van der Waals surface area (Å²) in [5.74, 6) is 1.12. The third-order valence-electron chi connectivity index (χ3n) is 5.47. The van der Waals surface area contributed by atoms with E-state index in [1.54, 1.807) is 38.6 Å². The predicted octanol–water partition coefficient (Wildman–Crippen LogP) is 4.86. The highest BCUT2D eigenvalue weighted by atomic mass is 15.4. The molecule has 0 aliphatic heterocycles. The molecule has 37 heavy (non-hydrogen) atoms. The van der Waals surface area contributed by atoms with E-state index in [9.17, 15) is 10.5 Å². The minimum atomic E-state index is 0.151. The Kier molecular flexibility index (Phi) is 6.13. The third kappa shape index (κ3) is 4.38. The highest BCUT2D eigenvalue weighted by molar-refractivity contribution is 5.83. The zero-order valence-electron chi connectivity index (χ0n) is 19.7. The fourth-order valence-corrected chi connectivity index (χ4v) is 3.66. The van der Waals surface area contributed by atoms with Crippen LogP contribution in [0.3, 0.4) is 0 Å². The summed E-state index contributed by atoms with van der Waals surface area (Å²) >= 11 is 0. The van der Waals surface area contributed by atoms with Crippen LogP contribution >= 0.6 is 0 Å². The summed E-state index contributed by atoms with van der Waals surface area (Å²) in [5.41, 5.74) is 2.91. The zero-order valence-corrected chi connectivity index (χ0v) is 19.7. The molecule has 0 saturated carbocycles. The van der Waals surface area contributed by atoms with E-state index in [4.69, 9.17) is 0 Å². The molecule has 0 radical (unpaired) electrons. The number of nitrogens with zero attached hydrogens (tertiary/aromatic N) is 10. The molecule has 12 heteroatoms.